The van der Waals surface area contributed by atoms with Crippen LogP contribution in [0.3, 0.4) is 0 Å². The van der Waals surface area contributed by atoms with Crippen LogP contribution in [0, 0.1) is 0 Å². The zero-order valence-electron chi connectivity index (χ0n) is 22.0. The topological polar surface area (TPSA) is 87.4 Å². The number of ether oxygens (including phenoxy) is 3. The molecule has 0 N–H and O–H groups in total. The molecule has 0 unspecified atom stereocenters. The Morgan fingerprint density at radius 3 is 2.37 bits per heavy atom. The number of benzene rings is 2. The summed E-state index contributed by atoms with van der Waals surface area (Å²) < 4.78 is 18.4. The van der Waals surface area contributed by atoms with Crippen molar-refractivity contribution in [2.45, 2.75) is 12.8 Å². The maximum Gasteiger partial charge on any atom is 0.140 e. The van der Waals surface area contributed by atoms with Gasteiger partial charge in [-0.25, -0.2) is 4.98 Å². The first kappa shape index (κ1) is 25.0. The van der Waals surface area contributed by atoms with Gasteiger partial charge < -0.3 is 19.1 Å². The van der Waals surface area contributed by atoms with Crippen LogP contribution in [-0.2, 0) is 13.5 Å². The predicted molar refractivity (Wildman–Crippen MR) is 147 cm³/mol. The number of hydrogen-bond acceptors (Lipinski definition) is 8. The zero-order chi connectivity index (χ0) is 26.5. The Balaban J connectivity index is 1.51. The number of anilines is 2. The molecule has 0 amide bonds. The summed E-state index contributed by atoms with van der Waals surface area (Å²) in [5, 5.41) is 4.27. The van der Waals surface area contributed by atoms with Gasteiger partial charge in [-0.15, -0.1) is 0 Å². The minimum atomic E-state index is 0.718. The Morgan fingerprint density at radius 2 is 1.66 bits per heavy atom. The van der Waals surface area contributed by atoms with Crippen molar-refractivity contribution in [2.24, 2.45) is 7.05 Å². The van der Waals surface area contributed by atoms with E-state index >= 15 is 0 Å². The molecule has 9 heteroatoms. The fraction of sp³-hybridized carbons (Fsp3) is 0.241. The second-order valence-electron chi connectivity index (χ2n) is 8.81. The van der Waals surface area contributed by atoms with Gasteiger partial charge in [0.05, 0.1) is 56.1 Å². The number of nitrogens with zero attached hydrogens (tertiary/aromatic N) is 6. The van der Waals surface area contributed by atoms with Crippen molar-refractivity contribution in [3.05, 3.63) is 79.0 Å². The lowest BCUT2D eigenvalue weighted by atomic mass is 10.1. The lowest BCUT2D eigenvalue weighted by Crippen LogP contribution is -2.19. The van der Waals surface area contributed by atoms with Gasteiger partial charge in [0.2, 0.25) is 0 Å². The largest absolute Gasteiger partial charge is 0.497 e. The minimum Gasteiger partial charge on any atom is -0.497 e. The summed E-state index contributed by atoms with van der Waals surface area (Å²) in [5.74, 6) is 2.23. The molecule has 38 heavy (non-hydrogen) atoms. The number of methoxy groups -OCH3 is 3. The summed E-state index contributed by atoms with van der Waals surface area (Å²) in [6.45, 7) is 0.720. The van der Waals surface area contributed by atoms with Crippen LogP contribution in [0.2, 0.25) is 0 Å². The molecule has 2 aromatic carbocycles. The summed E-state index contributed by atoms with van der Waals surface area (Å²) in [6.07, 6.45) is 8.90. The van der Waals surface area contributed by atoms with Crippen LogP contribution in [0.1, 0.15) is 12.1 Å². The molecule has 0 spiro atoms. The van der Waals surface area contributed by atoms with Crippen molar-refractivity contribution in [3.8, 4) is 28.5 Å². The lowest BCUT2D eigenvalue weighted by molar-refractivity contribution is 0.394. The van der Waals surface area contributed by atoms with Crippen molar-refractivity contribution in [1.29, 1.82) is 0 Å². The smallest absolute Gasteiger partial charge is 0.140 e. The number of rotatable bonds is 10. The first-order valence-corrected chi connectivity index (χ1v) is 12.3. The average Bonchev–Trinajstić information content (AvgIpc) is 3.40. The second kappa shape index (κ2) is 11.2. The molecule has 0 aliphatic rings. The summed E-state index contributed by atoms with van der Waals surface area (Å²) in [7, 11) is 6.87. The Morgan fingerprint density at radius 1 is 0.842 bits per heavy atom. The molecule has 0 atom stereocenters. The second-order valence-corrected chi connectivity index (χ2v) is 8.81. The van der Waals surface area contributed by atoms with Gasteiger partial charge in [0, 0.05) is 61.1 Å². The predicted octanol–water partition coefficient (Wildman–Crippen LogP) is 5.22. The van der Waals surface area contributed by atoms with Crippen LogP contribution in [-0.4, -0.2) is 52.6 Å². The fourth-order valence-corrected chi connectivity index (χ4v) is 4.42. The molecule has 3 aromatic heterocycles. The molecule has 9 nitrogen and oxygen atoms in total. The first-order chi connectivity index (χ1) is 18.6. The molecular weight excluding hydrogens is 480 g/mol. The van der Waals surface area contributed by atoms with Gasteiger partial charge in [-0.3, -0.25) is 14.6 Å². The molecule has 194 valence electrons. The van der Waals surface area contributed by atoms with E-state index in [2.05, 4.69) is 32.1 Å². The van der Waals surface area contributed by atoms with Crippen LogP contribution < -0.4 is 19.1 Å². The highest BCUT2D eigenvalue weighted by molar-refractivity contribution is 5.82. The lowest BCUT2D eigenvalue weighted by Gasteiger charge is -2.26. The summed E-state index contributed by atoms with van der Waals surface area (Å²) >= 11 is 0. The molecular formula is C29H30N6O3. The van der Waals surface area contributed by atoms with E-state index in [4.69, 9.17) is 19.2 Å². The number of fused-ring (bicyclic) bond motifs is 1. The quantitative estimate of drug-likeness (QED) is 0.253. The molecule has 0 aliphatic carbocycles. The number of aromatic nitrogens is 5. The highest BCUT2D eigenvalue weighted by atomic mass is 16.5. The molecule has 5 rings (SSSR count). The molecule has 0 bridgehead atoms. The van der Waals surface area contributed by atoms with Crippen LogP contribution in [0.15, 0.2) is 73.3 Å². The average molecular weight is 511 g/mol. The Hall–Kier alpha value is -4.66. The van der Waals surface area contributed by atoms with Crippen molar-refractivity contribution < 1.29 is 14.2 Å². The summed E-state index contributed by atoms with van der Waals surface area (Å²) in [4.78, 5) is 16.3. The summed E-state index contributed by atoms with van der Waals surface area (Å²) in [6, 6.07) is 15.8. The Labute approximate surface area is 221 Å². The van der Waals surface area contributed by atoms with Gasteiger partial charge in [-0.2, -0.15) is 5.10 Å². The number of hydrogen-bond donors (Lipinski definition) is 0. The van der Waals surface area contributed by atoms with Crippen molar-refractivity contribution in [2.75, 3.05) is 32.8 Å². The third kappa shape index (κ3) is 5.36. The van der Waals surface area contributed by atoms with Crippen LogP contribution in [0.5, 0.6) is 17.2 Å². The van der Waals surface area contributed by atoms with Gasteiger partial charge in [0.15, 0.2) is 0 Å². The molecule has 0 saturated heterocycles. The Bertz CT molecular complexity index is 1530. The third-order valence-electron chi connectivity index (χ3n) is 6.35. The van der Waals surface area contributed by atoms with E-state index < -0.39 is 0 Å². The van der Waals surface area contributed by atoms with E-state index in [9.17, 15) is 0 Å². The highest BCUT2D eigenvalue weighted by Crippen LogP contribution is 2.34. The molecule has 0 saturated carbocycles. The van der Waals surface area contributed by atoms with Crippen molar-refractivity contribution in [1.82, 2.24) is 24.7 Å². The van der Waals surface area contributed by atoms with Gasteiger partial charge in [0.25, 0.3) is 0 Å². The maximum atomic E-state index is 5.56. The van der Waals surface area contributed by atoms with E-state index in [1.165, 1.54) is 0 Å². The van der Waals surface area contributed by atoms with E-state index in [0.717, 1.165) is 76.0 Å². The first-order valence-electron chi connectivity index (χ1n) is 12.3. The van der Waals surface area contributed by atoms with Crippen LogP contribution >= 0.6 is 0 Å². The van der Waals surface area contributed by atoms with Crippen molar-refractivity contribution in [3.63, 3.8) is 0 Å². The zero-order valence-corrected chi connectivity index (χ0v) is 22.0. The molecule has 5 aromatic rings. The van der Waals surface area contributed by atoms with Crippen LogP contribution in [0.25, 0.3) is 22.3 Å². The number of pyridine rings is 1. The molecule has 0 fully saturated rings. The van der Waals surface area contributed by atoms with Gasteiger partial charge in [-0.05, 0) is 43.2 Å². The van der Waals surface area contributed by atoms with Gasteiger partial charge in [0.1, 0.15) is 17.2 Å². The molecule has 3 heterocycles. The monoisotopic (exact) mass is 510 g/mol. The molecule has 0 radical (unpaired) electrons. The standard InChI is InChI=1S/C29H30N6O3/c1-34-19-20(17-32-34)28-18-31-25-10-9-21(15-27(25)33-28)35(22-13-23(36-2)16-24(14-22)37-3)12-6-7-26-29(38-4)8-5-11-30-26/h5,8-11,13-19H,6-7,12H2,1-4H3. The van der Waals surface area contributed by atoms with E-state index in [1.807, 2.05) is 49.6 Å². The third-order valence-corrected chi connectivity index (χ3v) is 6.35. The Kier molecular flexibility index (Phi) is 7.35. The van der Waals surface area contributed by atoms with Crippen LogP contribution in [0.4, 0.5) is 11.4 Å². The van der Waals surface area contributed by atoms with Gasteiger partial charge >= 0.3 is 0 Å². The highest BCUT2D eigenvalue weighted by Gasteiger charge is 2.15. The summed E-state index contributed by atoms with van der Waals surface area (Å²) in [5.41, 5.74) is 6.19. The van der Waals surface area contributed by atoms with E-state index in [1.54, 1.807) is 44.6 Å². The molecule has 0 aliphatic heterocycles. The van der Waals surface area contributed by atoms with Gasteiger partial charge in [-0.1, -0.05) is 0 Å². The van der Waals surface area contributed by atoms with E-state index in [0.29, 0.717) is 0 Å². The minimum absolute atomic E-state index is 0.718. The fourth-order valence-electron chi connectivity index (χ4n) is 4.42. The normalized spacial score (nSPS) is 10.9. The van der Waals surface area contributed by atoms with E-state index in [-0.39, 0.29) is 0 Å². The SMILES string of the molecule is COc1cc(OC)cc(N(CCCc2ncccc2OC)c2ccc3ncc(-c4cnn(C)c4)nc3c2)c1. The van der Waals surface area contributed by atoms with Crippen molar-refractivity contribution >= 4 is 22.4 Å². The number of aryl methyl sites for hydroxylation is 2. The maximum absolute atomic E-state index is 5.56.